The zero-order valence-electron chi connectivity index (χ0n) is 12.6. The van der Waals surface area contributed by atoms with E-state index >= 15 is 0 Å². The SMILES string of the molecule is O=C(c1cncc(Br)c1)N1CCN(Cc2ccccc2Cl)CC1. The number of hydrogen-bond acceptors (Lipinski definition) is 3. The molecule has 0 atom stereocenters. The van der Waals surface area contributed by atoms with Crippen molar-refractivity contribution >= 4 is 33.4 Å². The number of pyridine rings is 1. The molecule has 0 unspecified atom stereocenters. The maximum Gasteiger partial charge on any atom is 0.255 e. The second-order valence-electron chi connectivity index (χ2n) is 5.55. The number of hydrogen-bond donors (Lipinski definition) is 0. The molecule has 3 rings (SSSR count). The van der Waals surface area contributed by atoms with Crippen molar-refractivity contribution in [1.82, 2.24) is 14.8 Å². The van der Waals surface area contributed by atoms with Crippen molar-refractivity contribution in [1.29, 1.82) is 0 Å². The van der Waals surface area contributed by atoms with Gasteiger partial charge in [0.1, 0.15) is 0 Å². The summed E-state index contributed by atoms with van der Waals surface area (Å²) in [4.78, 5) is 20.8. The minimum Gasteiger partial charge on any atom is -0.336 e. The predicted octanol–water partition coefficient (Wildman–Crippen LogP) is 3.46. The van der Waals surface area contributed by atoms with E-state index in [0.717, 1.165) is 47.8 Å². The van der Waals surface area contributed by atoms with Crippen LogP contribution < -0.4 is 0 Å². The Hall–Kier alpha value is -1.43. The molecule has 0 aliphatic carbocycles. The predicted molar refractivity (Wildman–Crippen MR) is 94.6 cm³/mol. The van der Waals surface area contributed by atoms with Gasteiger partial charge in [-0.05, 0) is 33.6 Å². The zero-order chi connectivity index (χ0) is 16.2. The fraction of sp³-hybridized carbons (Fsp3) is 0.294. The van der Waals surface area contributed by atoms with Gasteiger partial charge in [0, 0.05) is 54.6 Å². The molecule has 1 aromatic carbocycles. The average molecular weight is 395 g/mol. The third-order valence-corrected chi connectivity index (χ3v) is 4.77. The number of carbonyl (C=O) groups excluding carboxylic acids is 1. The third-order valence-electron chi connectivity index (χ3n) is 3.96. The number of piperazine rings is 1. The first-order valence-corrected chi connectivity index (χ1v) is 8.66. The topological polar surface area (TPSA) is 36.4 Å². The van der Waals surface area contributed by atoms with Crippen LogP contribution in [0.15, 0.2) is 47.2 Å². The molecule has 2 heterocycles. The Morgan fingerprint density at radius 3 is 2.61 bits per heavy atom. The highest BCUT2D eigenvalue weighted by Gasteiger charge is 2.22. The first-order chi connectivity index (χ1) is 11.1. The van der Waals surface area contributed by atoms with Crippen molar-refractivity contribution in [3.05, 3.63) is 63.3 Å². The lowest BCUT2D eigenvalue weighted by Crippen LogP contribution is -2.48. The summed E-state index contributed by atoms with van der Waals surface area (Å²) >= 11 is 9.57. The van der Waals surface area contributed by atoms with E-state index in [0.29, 0.717) is 5.56 Å². The van der Waals surface area contributed by atoms with Gasteiger partial charge in [-0.1, -0.05) is 29.8 Å². The second-order valence-corrected chi connectivity index (χ2v) is 6.87. The van der Waals surface area contributed by atoms with Gasteiger partial charge in [0.05, 0.1) is 5.56 Å². The Balaban J connectivity index is 1.58. The normalized spacial score (nSPS) is 15.7. The number of amides is 1. The summed E-state index contributed by atoms with van der Waals surface area (Å²) in [7, 11) is 0. The van der Waals surface area contributed by atoms with Crippen LogP contribution in [-0.4, -0.2) is 46.9 Å². The van der Waals surface area contributed by atoms with Gasteiger partial charge in [-0.3, -0.25) is 14.7 Å². The van der Waals surface area contributed by atoms with Crippen LogP contribution in [0.1, 0.15) is 15.9 Å². The zero-order valence-corrected chi connectivity index (χ0v) is 14.9. The molecule has 6 heteroatoms. The summed E-state index contributed by atoms with van der Waals surface area (Å²) in [6, 6.07) is 9.71. The van der Waals surface area contributed by atoms with Gasteiger partial charge in [0.25, 0.3) is 5.91 Å². The molecule has 0 saturated carbocycles. The maximum absolute atomic E-state index is 12.5. The van der Waals surface area contributed by atoms with Gasteiger partial charge in [-0.15, -0.1) is 0 Å². The van der Waals surface area contributed by atoms with Crippen molar-refractivity contribution in [2.24, 2.45) is 0 Å². The Labute approximate surface area is 149 Å². The highest BCUT2D eigenvalue weighted by Crippen LogP contribution is 2.18. The van der Waals surface area contributed by atoms with Crippen LogP contribution in [-0.2, 0) is 6.54 Å². The Kier molecular flexibility index (Phi) is 5.30. The monoisotopic (exact) mass is 393 g/mol. The highest BCUT2D eigenvalue weighted by atomic mass is 79.9. The lowest BCUT2D eigenvalue weighted by molar-refractivity contribution is 0.0628. The quantitative estimate of drug-likeness (QED) is 0.800. The van der Waals surface area contributed by atoms with E-state index in [4.69, 9.17) is 11.6 Å². The smallest absolute Gasteiger partial charge is 0.255 e. The molecule has 1 aromatic heterocycles. The summed E-state index contributed by atoms with van der Waals surface area (Å²) in [5.41, 5.74) is 1.75. The molecule has 4 nitrogen and oxygen atoms in total. The molecule has 1 amide bonds. The fourth-order valence-electron chi connectivity index (χ4n) is 2.69. The van der Waals surface area contributed by atoms with E-state index in [1.54, 1.807) is 12.4 Å². The van der Waals surface area contributed by atoms with E-state index in [1.165, 1.54) is 0 Å². The second kappa shape index (κ2) is 7.43. The summed E-state index contributed by atoms with van der Waals surface area (Å²) < 4.78 is 0.820. The van der Waals surface area contributed by atoms with Gasteiger partial charge in [0.15, 0.2) is 0 Å². The van der Waals surface area contributed by atoms with E-state index < -0.39 is 0 Å². The van der Waals surface area contributed by atoms with Crippen LogP contribution in [0.5, 0.6) is 0 Å². The van der Waals surface area contributed by atoms with Crippen LogP contribution in [0, 0.1) is 0 Å². The molecule has 120 valence electrons. The Morgan fingerprint density at radius 2 is 1.91 bits per heavy atom. The molecule has 0 radical (unpaired) electrons. The summed E-state index contributed by atoms with van der Waals surface area (Å²) in [5, 5.41) is 0.797. The van der Waals surface area contributed by atoms with Gasteiger partial charge in [0.2, 0.25) is 0 Å². The first kappa shape index (κ1) is 16.4. The van der Waals surface area contributed by atoms with Crippen LogP contribution in [0.2, 0.25) is 5.02 Å². The first-order valence-electron chi connectivity index (χ1n) is 7.49. The minimum absolute atomic E-state index is 0.0381. The molecular formula is C17H17BrClN3O. The van der Waals surface area contributed by atoms with Gasteiger partial charge in [-0.2, -0.15) is 0 Å². The van der Waals surface area contributed by atoms with Crippen LogP contribution in [0.4, 0.5) is 0 Å². The van der Waals surface area contributed by atoms with Gasteiger partial charge < -0.3 is 4.90 Å². The Morgan fingerprint density at radius 1 is 1.17 bits per heavy atom. The minimum atomic E-state index is 0.0381. The number of nitrogens with zero attached hydrogens (tertiary/aromatic N) is 3. The number of aromatic nitrogens is 1. The molecule has 0 spiro atoms. The van der Waals surface area contributed by atoms with E-state index in [-0.39, 0.29) is 5.91 Å². The Bertz CT molecular complexity index is 702. The lowest BCUT2D eigenvalue weighted by Gasteiger charge is -2.34. The number of benzene rings is 1. The molecule has 23 heavy (non-hydrogen) atoms. The fourth-order valence-corrected chi connectivity index (χ4v) is 3.25. The van der Waals surface area contributed by atoms with Crippen molar-refractivity contribution in [2.45, 2.75) is 6.54 Å². The van der Waals surface area contributed by atoms with Crippen molar-refractivity contribution in [3.63, 3.8) is 0 Å². The largest absolute Gasteiger partial charge is 0.336 e. The molecule has 1 fully saturated rings. The van der Waals surface area contributed by atoms with E-state index in [2.05, 4.69) is 25.8 Å². The highest BCUT2D eigenvalue weighted by molar-refractivity contribution is 9.10. The van der Waals surface area contributed by atoms with Crippen LogP contribution >= 0.6 is 27.5 Å². The van der Waals surface area contributed by atoms with Crippen LogP contribution in [0.3, 0.4) is 0 Å². The molecule has 0 bridgehead atoms. The third kappa shape index (κ3) is 4.10. The molecular weight excluding hydrogens is 378 g/mol. The average Bonchev–Trinajstić information content (AvgIpc) is 2.57. The van der Waals surface area contributed by atoms with Crippen molar-refractivity contribution in [3.8, 4) is 0 Å². The van der Waals surface area contributed by atoms with Gasteiger partial charge in [-0.25, -0.2) is 0 Å². The van der Waals surface area contributed by atoms with Crippen LogP contribution in [0.25, 0.3) is 0 Å². The van der Waals surface area contributed by atoms with Crippen molar-refractivity contribution in [2.75, 3.05) is 26.2 Å². The summed E-state index contributed by atoms with van der Waals surface area (Å²) in [6.45, 7) is 3.95. The number of halogens is 2. The summed E-state index contributed by atoms with van der Waals surface area (Å²) in [6.07, 6.45) is 3.29. The number of carbonyl (C=O) groups is 1. The van der Waals surface area contributed by atoms with E-state index in [9.17, 15) is 4.79 Å². The van der Waals surface area contributed by atoms with Gasteiger partial charge >= 0.3 is 0 Å². The number of rotatable bonds is 3. The maximum atomic E-state index is 12.5. The standard InChI is InChI=1S/C17H17BrClN3O/c18-15-9-14(10-20-11-15)17(23)22-7-5-21(6-8-22)12-13-3-1-2-4-16(13)19/h1-4,9-11H,5-8,12H2. The molecule has 0 N–H and O–H groups in total. The lowest BCUT2D eigenvalue weighted by atomic mass is 10.2. The molecule has 2 aromatic rings. The molecule has 1 saturated heterocycles. The summed E-state index contributed by atoms with van der Waals surface area (Å²) in [5.74, 6) is 0.0381. The molecule has 1 aliphatic rings. The van der Waals surface area contributed by atoms with E-state index in [1.807, 2.05) is 35.2 Å². The molecule has 1 aliphatic heterocycles. The van der Waals surface area contributed by atoms with Crippen molar-refractivity contribution < 1.29 is 4.79 Å².